The predicted octanol–water partition coefficient (Wildman–Crippen LogP) is 2.94. The molecule has 0 atom stereocenters. The Morgan fingerprint density at radius 1 is 1.05 bits per heavy atom. The van der Waals surface area contributed by atoms with E-state index in [0.29, 0.717) is 70.6 Å². The monoisotopic (exact) mass is 544 g/mol. The number of hydrogen-bond donors (Lipinski definition) is 3. The summed E-state index contributed by atoms with van der Waals surface area (Å²) >= 11 is 0. The Bertz CT molecular complexity index is 1060. The molecule has 2 amide bonds. The quantitative estimate of drug-likeness (QED) is 0.390. The van der Waals surface area contributed by atoms with Gasteiger partial charge in [0, 0.05) is 50.3 Å². The molecule has 1 aliphatic carbocycles. The maximum atomic E-state index is 13.4. The van der Waals surface area contributed by atoms with Gasteiger partial charge in [0.2, 0.25) is 5.91 Å². The van der Waals surface area contributed by atoms with Crippen LogP contribution >= 0.6 is 0 Å². The number of hydrogen-bond acceptors (Lipinski definition) is 7. The normalized spacial score (nSPS) is 19.3. The van der Waals surface area contributed by atoms with E-state index in [4.69, 9.17) is 20.0 Å². The van der Waals surface area contributed by atoms with Crippen LogP contribution in [-0.2, 0) is 14.3 Å². The fourth-order valence-corrected chi connectivity index (χ4v) is 5.55. The molecule has 2 heterocycles. The van der Waals surface area contributed by atoms with Gasteiger partial charge in [-0.05, 0) is 69.2 Å². The van der Waals surface area contributed by atoms with Gasteiger partial charge in [0.1, 0.15) is 23.4 Å². The summed E-state index contributed by atoms with van der Waals surface area (Å²) < 4.78 is 25.0. The Morgan fingerprint density at radius 3 is 2.41 bits per heavy atom. The molecule has 4 rings (SSSR count). The minimum atomic E-state index is -0.284. The van der Waals surface area contributed by atoms with Crippen LogP contribution in [0.5, 0.6) is 5.75 Å². The molecule has 2 fully saturated rings. The highest BCUT2D eigenvalue weighted by Gasteiger charge is 2.30. The number of carbonyl (C=O) groups is 2. The summed E-state index contributed by atoms with van der Waals surface area (Å²) in [7, 11) is 0. The Hall–Kier alpha value is -2.98. The van der Waals surface area contributed by atoms with E-state index >= 15 is 0 Å². The molecule has 9 nitrogen and oxygen atoms in total. The number of benzene rings is 1. The van der Waals surface area contributed by atoms with Crippen LogP contribution in [0.2, 0.25) is 0 Å². The number of amides is 2. The number of rotatable bonds is 10. The topological polar surface area (TPSA) is 115 Å². The van der Waals surface area contributed by atoms with E-state index in [1.165, 1.54) is 12.1 Å². The zero-order valence-corrected chi connectivity index (χ0v) is 22.8. The Balaban J connectivity index is 1.26. The molecule has 10 heteroatoms. The molecule has 39 heavy (non-hydrogen) atoms. The van der Waals surface area contributed by atoms with Crippen molar-refractivity contribution in [3.63, 3.8) is 0 Å². The maximum absolute atomic E-state index is 13.4. The summed E-state index contributed by atoms with van der Waals surface area (Å²) in [5.41, 5.74) is 2.34. The lowest BCUT2D eigenvalue weighted by atomic mass is 9.91. The van der Waals surface area contributed by atoms with Crippen LogP contribution in [0, 0.1) is 18.2 Å². The van der Waals surface area contributed by atoms with Crippen molar-refractivity contribution in [1.82, 2.24) is 15.1 Å². The van der Waals surface area contributed by atoms with Gasteiger partial charge in [-0.15, -0.1) is 0 Å². The van der Waals surface area contributed by atoms with Crippen LogP contribution in [0.1, 0.15) is 56.9 Å². The number of aryl methyl sites for hydroxylation is 1. The van der Waals surface area contributed by atoms with Gasteiger partial charge in [0.25, 0.3) is 5.91 Å². The van der Waals surface area contributed by atoms with Gasteiger partial charge in [0.05, 0.1) is 25.9 Å². The summed E-state index contributed by atoms with van der Waals surface area (Å²) in [6.07, 6.45) is 6.09. The van der Waals surface area contributed by atoms with E-state index in [0.717, 1.165) is 36.1 Å². The van der Waals surface area contributed by atoms with Crippen molar-refractivity contribution in [2.75, 3.05) is 45.9 Å². The van der Waals surface area contributed by atoms with Gasteiger partial charge < -0.3 is 29.7 Å². The zero-order valence-electron chi connectivity index (χ0n) is 22.8. The van der Waals surface area contributed by atoms with Gasteiger partial charge >= 0.3 is 0 Å². The molecule has 0 aromatic heterocycles. The van der Waals surface area contributed by atoms with Gasteiger partial charge in [-0.25, -0.2) is 4.39 Å². The molecule has 214 valence electrons. The second-order valence-electron chi connectivity index (χ2n) is 10.6. The lowest BCUT2D eigenvalue weighted by Crippen LogP contribution is -2.46. The van der Waals surface area contributed by atoms with Crippen molar-refractivity contribution in [3.05, 3.63) is 40.8 Å². The zero-order chi connectivity index (χ0) is 27.8. The van der Waals surface area contributed by atoms with Gasteiger partial charge in [-0.1, -0.05) is 0 Å². The molecule has 2 aliphatic heterocycles. The third-order valence-corrected chi connectivity index (χ3v) is 7.84. The SMILES string of the molecule is Cc1cc(F)ccc1OC1CCN(C(=O)CNC2=C(C(=N)C(=O)N3CCC(OCCO)CC3)CCCC2)CC1. The lowest BCUT2D eigenvalue weighted by molar-refractivity contribution is -0.132. The molecule has 2 saturated heterocycles. The first-order valence-corrected chi connectivity index (χ1v) is 14.1. The molecule has 0 saturated carbocycles. The number of likely N-dealkylation sites (tertiary alicyclic amines) is 2. The van der Waals surface area contributed by atoms with Gasteiger partial charge in [-0.2, -0.15) is 0 Å². The highest BCUT2D eigenvalue weighted by atomic mass is 19.1. The van der Waals surface area contributed by atoms with E-state index in [1.807, 2.05) is 11.8 Å². The number of aliphatic hydroxyl groups excluding tert-OH is 1. The molecule has 0 radical (unpaired) electrons. The van der Waals surface area contributed by atoms with Crippen molar-refractivity contribution in [3.8, 4) is 5.75 Å². The number of piperidine rings is 2. The molecule has 1 aromatic rings. The minimum Gasteiger partial charge on any atom is -0.490 e. The van der Waals surface area contributed by atoms with Crippen molar-refractivity contribution in [2.24, 2.45) is 0 Å². The van der Waals surface area contributed by atoms with E-state index in [2.05, 4.69) is 5.32 Å². The smallest absolute Gasteiger partial charge is 0.272 e. The number of aliphatic hydroxyl groups is 1. The number of allylic oxidation sites excluding steroid dienone is 1. The summed E-state index contributed by atoms with van der Waals surface area (Å²) in [6, 6.07) is 4.50. The van der Waals surface area contributed by atoms with Crippen LogP contribution in [0.15, 0.2) is 29.5 Å². The van der Waals surface area contributed by atoms with E-state index < -0.39 is 0 Å². The fraction of sp³-hybridized carbons (Fsp3) is 0.621. The maximum Gasteiger partial charge on any atom is 0.272 e. The van der Waals surface area contributed by atoms with Crippen molar-refractivity contribution in [2.45, 2.75) is 70.5 Å². The predicted molar refractivity (Wildman–Crippen MR) is 145 cm³/mol. The van der Waals surface area contributed by atoms with E-state index in [1.54, 1.807) is 11.0 Å². The molecular formula is C29H41FN4O5. The van der Waals surface area contributed by atoms with Crippen molar-refractivity contribution >= 4 is 17.5 Å². The summed E-state index contributed by atoms with van der Waals surface area (Å²) in [5.74, 6) is 0.118. The highest BCUT2D eigenvalue weighted by Crippen LogP contribution is 2.26. The summed E-state index contributed by atoms with van der Waals surface area (Å²) in [5, 5.41) is 20.9. The van der Waals surface area contributed by atoms with Crippen LogP contribution < -0.4 is 10.1 Å². The fourth-order valence-electron chi connectivity index (χ4n) is 5.55. The molecule has 0 unspecified atom stereocenters. The van der Waals surface area contributed by atoms with Crippen LogP contribution in [0.25, 0.3) is 0 Å². The first-order valence-electron chi connectivity index (χ1n) is 14.1. The van der Waals surface area contributed by atoms with Crippen molar-refractivity contribution in [1.29, 1.82) is 5.41 Å². The average molecular weight is 545 g/mol. The molecule has 1 aromatic carbocycles. The van der Waals surface area contributed by atoms with Crippen LogP contribution in [-0.4, -0.2) is 90.6 Å². The van der Waals surface area contributed by atoms with E-state index in [9.17, 15) is 14.0 Å². The van der Waals surface area contributed by atoms with E-state index in [-0.39, 0.29) is 48.7 Å². The second kappa shape index (κ2) is 13.9. The molecular weight excluding hydrogens is 503 g/mol. The first kappa shape index (κ1) is 29.0. The van der Waals surface area contributed by atoms with Gasteiger partial charge in [-0.3, -0.25) is 15.0 Å². The van der Waals surface area contributed by atoms with Gasteiger partial charge in [0.15, 0.2) is 0 Å². The number of nitrogens with one attached hydrogen (secondary N) is 2. The highest BCUT2D eigenvalue weighted by molar-refractivity contribution is 6.44. The second-order valence-corrected chi connectivity index (χ2v) is 10.6. The average Bonchev–Trinajstić information content (AvgIpc) is 2.96. The molecule has 3 N–H and O–H groups in total. The molecule has 0 spiro atoms. The Morgan fingerprint density at radius 2 is 1.72 bits per heavy atom. The number of nitrogens with zero attached hydrogens (tertiary/aromatic N) is 2. The largest absolute Gasteiger partial charge is 0.490 e. The molecule has 3 aliphatic rings. The number of halogens is 1. The third kappa shape index (κ3) is 7.79. The standard InChI is InChI=1S/C29H41FN4O5/c1-20-18-21(30)6-7-26(20)39-23-10-12-33(13-11-23)27(36)19-32-25-5-3-2-4-24(25)28(31)29(37)34-14-8-22(9-15-34)38-17-16-35/h6-7,18,22-23,31-32,35H,2-5,8-17,19H2,1H3. The first-order chi connectivity index (χ1) is 18.9. The molecule has 0 bridgehead atoms. The summed E-state index contributed by atoms with van der Waals surface area (Å²) in [6.45, 7) is 4.49. The Kier molecular flexibility index (Phi) is 10.3. The summed E-state index contributed by atoms with van der Waals surface area (Å²) in [4.78, 5) is 29.6. The number of ether oxygens (including phenoxy) is 2. The Labute approximate surface area is 229 Å². The lowest BCUT2D eigenvalue weighted by Gasteiger charge is -2.33. The van der Waals surface area contributed by atoms with Crippen LogP contribution in [0.3, 0.4) is 0 Å². The van der Waals surface area contributed by atoms with Crippen molar-refractivity contribution < 1.29 is 28.6 Å². The third-order valence-electron chi connectivity index (χ3n) is 7.84. The minimum absolute atomic E-state index is 0.00774. The van der Waals surface area contributed by atoms with Crippen LogP contribution in [0.4, 0.5) is 4.39 Å². The number of carbonyl (C=O) groups excluding carboxylic acids is 2.